The van der Waals surface area contributed by atoms with E-state index in [4.69, 9.17) is 21.4 Å². The van der Waals surface area contributed by atoms with Crippen LogP contribution in [0.2, 0.25) is 5.02 Å². The largest absolute Gasteiger partial charge is 0.456 e. The van der Waals surface area contributed by atoms with Gasteiger partial charge in [-0.05, 0) is 47.9 Å². The molecule has 2 aromatic carbocycles. The molecule has 1 aliphatic heterocycles. The number of fused-ring (bicyclic) bond motifs is 1. The standard InChI is InChI=1S/C16H14ClNO3/c17-13-7-10(9-19)1-5-15(13)21-12-3-4-14-11(8-12)2-6-16(20)18-14/h1,3-5,7-8,19H,2,6,9H2,(H,18,20). The van der Waals surface area contributed by atoms with Gasteiger partial charge in [0.15, 0.2) is 0 Å². The van der Waals surface area contributed by atoms with Gasteiger partial charge >= 0.3 is 0 Å². The van der Waals surface area contributed by atoms with Crippen LogP contribution in [-0.4, -0.2) is 11.0 Å². The van der Waals surface area contributed by atoms with Gasteiger partial charge in [-0.3, -0.25) is 4.79 Å². The van der Waals surface area contributed by atoms with Crippen molar-refractivity contribution >= 4 is 23.2 Å². The molecule has 1 aliphatic rings. The van der Waals surface area contributed by atoms with Crippen LogP contribution < -0.4 is 10.1 Å². The average molecular weight is 304 g/mol. The summed E-state index contributed by atoms with van der Waals surface area (Å²) in [4.78, 5) is 11.3. The van der Waals surface area contributed by atoms with E-state index in [0.717, 1.165) is 16.8 Å². The third-order valence-corrected chi connectivity index (χ3v) is 3.67. The van der Waals surface area contributed by atoms with E-state index in [0.29, 0.717) is 29.4 Å². The number of hydrogen-bond donors (Lipinski definition) is 2. The molecule has 1 amide bonds. The molecule has 108 valence electrons. The summed E-state index contributed by atoms with van der Waals surface area (Å²) in [7, 11) is 0. The first-order valence-corrected chi connectivity index (χ1v) is 7.03. The predicted octanol–water partition coefficient (Wildman–Crippen LogP) is 3.51. The van der Waals surface area contributed by atoms with Gasteiger partial charge < -0.3 is 15.2 Å². The maximum absolute atomic E-state index is 11.3. The van der Waals surface area contributed by atoms with Crippen molar-refractivity contribution in [2.45, 2.75) is 19.4 Å². The quantitative estimate of drug-likeness (QED) is 0.912. The topological polar surface area (TPSA) is 58.6 Å². The molecule has 5 heteroatoms. The van der Waals surface area contributed by atoms with Crippen LogP contribution in [0.15, 0.2) is 36.4 Å². The lowest BCUT2D eigenvalue weighted by molar-refractivity contribution is -0.116. The molecule has 4 nitrogen and oxygen atoms in total. The van der Waals surface area contributed by atoms with Crippen molar-refractivity contribution in [1.29, 1.82) is 0 Å². The van der Waals surface area contributed by atoms with Gasteiger partial charge in [-0.2, -0.15) is 0 Å². The number of nitrogens with one attached hydrogen (secondary N) is 1. The molecule has 0 aliphatic carbocycles. The number of halogens is 1. The number of benzene rings is 2. The van der Waals surface area contributed by atoms with Crippen molar-refractivity contribution in [1.82, 2.24) is 0 Å². The van der Waals surface area contributed by atoms with Crippen molar-refractivity contribution in [3.05, 3.63) is 52.5 Å². The van der Waals surface area contributed by atoms with E-state index in [1.54, 1.807) is 24.3 Å². The van der Waals surface area contributed by atoms with Gasteiger partial charge in [0, 0.05) is 12.1 Å². The average Bonchev–Trinajstić information content (AvgIpc) is 2.49. The van der Waals surface area contributed by atoms with Gasteiger partial charge in [0.1, 0.15) is 11.5 Å². The zero-order chi connectivity index (χ0) is 14.8. The Kier molecular flexibility index (Phi) is 3.82. The van der Waals surface area contributed by atoms with Gasteiger partial charge in [0.25, 0.3) is 0 Å². The first-order valence-electron chi connectivity index (χ1n) is 6.65. The second-order valence-electron chi connectivity index (χ2n) is 4.89. The number of aliphatic hydroxyl groups excluding tert-OH is 1. The van der Waals surface area contributed by atoms with Crippen molar-refractivity contribution in [2.24, 2.45) is 0 Å². The molecule has 0 saturated carbocycles. The van der Waals surface area contributed by atoms with Gasteiger partial charge in [-0.25, -0.2) is 0 Å². The number of ether oxygens (including phenoxy) is 1. The number of hydrogen-bond acceptors (Lipinski definition) is 3. The van der Waals surface area contributed by atoms with Gasteiger partial charge in [-0.15, -0.1) is 0 Å². The molecular weight excluding hydrogens is 290 g/mol. The summed E-state index contributed by atoms with van der Waals surface area (Å²) in [5, 5.41) is 12.3. The van der Waals surface area contributed by atoms with Crippen LogP contribution in [0.3, 0.4) is 0 Å². The Balaban J connectivity index is 1.84. The van der Waals surface area contributed by atoms with Crippen LogP contribution in [0.4, 0.5) is 5.69 Å². The molecule has 0 aromatic heterocycles. The second-order valence-corrected chi connectivity index (χ2v) is 5.30. The Labute approximate surface area is 127 Å². The van der Waals surface area contributed by atoms with Crippen LogP contribution in [-0.2, 0) is 17.8 Å². The van der Waals surface area contributed by atoms with Gasteiger partial charge in [-0.1, -0.05) is 17.7 Å². The smallest absolute Gasteiger partial charge is 0.224 e. The second kappa shape index (κ2) is 5.76. The molecule has 0 unspecified atom stereocenters. The zero-order valence-corrected chi connectivity index (χ0v) is 12.0. The monoisotopic (exact) mass is 303 g/mol. The van der Waals surface area contributed by atoms with Crippen LogP contribution in [0.25, 0.3) is 0 Å². The fourth-order valence-electron chi connectivity index (χ4n) is 2.28. The number of amides is 1. The van der Waals surface area contributed by atoms with Crippen LogP contribution >= 0.6 is 11.6 Å². The highest BCUT2D eigenvalue weighted by Gasteiger charge is 2.15. The first kappa shape index (κ1) is 13.9. The maximum Gasteiger partial charge on any atom is 0.224 e. The van der Waals surface area contributed by atoms with E-state index in [9.17, 15) is 4.79 Å². The van der Waals surface area contributed by atoms with E-state index >= 15 is 0 Å². The highest BCUT2D eigenvalue weighted by molar-refractivity contribution is 6.32. The predicted molar refractivity (Wildman–Crippen MR) is 80.8 cm³/mol. The van der Waals surface area contributed by atoms with E-state index in [2.05, 4.69) is 5.32 Å². The van der Waals surface area contributed by atoms with Gasteiger partial charge in [0.2, 0.25) is 5.91 Å². The minimum absolute atomic E-state index is 0.0406. The summed E-state index contributed by atoms with van der Waals surface area (Å²) in [6, 6.07) is 10.7. The molecule has 1 heterocycles. The Morgan fingerprint density at radius 3 is 2.81 bits per heavy atom. The number of anilines is 1. The Hall–Kier alpha value is -2.04. The number of aliphatic hydroxyl groups is 1. The maximum atomic E-state index is 11.3. The van der Waals surface area contributed by atoms with E-state index in [1.807, 2.05) is 12.1 Å². The minimum Gasteiger partial charge on any atom is -0.456 e. The van der Waals surface area contributed by atoms with E-state index in [-0.39, 0.29) is 12.5 Å². The van der Waals surface area contributed by atoms with Crippen molar-refractivity contribution in [3.8, 4) is 11.5 Å². The van der Waals surface area contributed by atoms with Crippen LogP contribution in [0, 0.1) is 0 Å². The Morgan fingerprint density at radius 1 is 1.19 bits per heavy atom. The lowest BCUT2D eigenvalue weighted by Crippen LogP contribution is -2.18. The fraction of sp³-hybridized carbons (Fsp3) is 0.188. The molecule has 3 rings (SSSR count). The number of aryl methyl sites for hydroxylation is 1. The molecule has 0 atom stereocenters. The normalized spacial score (nSPS) is 13.5. The Morgan fingerprint density at radius 2 is 2.05 bits per heavy atom. The Bertz CT molecular complexity index is 700. The lowest BCUT2D eigenvalue weighted by atomic mass is 10.0. The van der Waals surface area contributed by atoms with Crippen LogP contribution in [0.1, 0.15) is 17.5 Å². The number of carbonyl (C=O) groups excluding carboxylic acids is 1. The number of rotatable bonds is 3. The summed E-state index contributed by atoms with van der Waals surface area (Å²) in [5.74, 6) is 1.25. The first-order chi connectivity index (χ1) is 10.2. The minimum atomic E-state index is -0.0570. The SMILES string of the molecule is O=C1CCc2cc(Oc3ccc(CO)cc3Cl)ccc2N1. The van der Waals surface area contributed by atoms with E-state index in [1.165, 1.54) is 0 Å². The highest BCUT2D eigenvalue weighted by atomic mass is 35.5. The molecule has 2 aromatic rings. The molecule has 0 bridgehead atoms. The van der Waals surface area contributed by atoms with Crippen LogP contribution in [0.5, 0.6) is 11.5 Å². The zero-order valence-electron chi connectivity index (χ0n) is 11.2. The molecule has 0 spiro atoms. The number of carbonyl (C=O) groups is 1. The lowest BCUT2D eigenvalue weighted by Gasteiger charge is -2.18. The molecule has 0 fully saturated rings. The van der Waals surface area contributed by atoms with Crippen molar-refractivity contribution < 1.29 is 14.6 Å². The molecule has 21 heavy (non-hydrogen) atoms. The summed E-state index contributed by atoms with van der Waals surface area (Å²) >= 11 is 6.13. The van der Waals surface area contributed by atoms with Gasteiger partial charge in [0.05, 0.1) is 11.6 Å². The molecule has 0 radical (unpaired) electrons. The fourth-order valence-corrected chi connectivity index (χ4v) is 2.52. The van der Waals surface area contributed by atoms with Crippen molar-refractivity contribution in [3.63, 3.8) is 0 Å². The molecule has 0 saturated heterocycles. The molecule has 2 N–H and O–H groups in total. The third kappa shape index (κ3) is 3.01. The summed E-state index contributed by atoms with van der Waals surface area (Å²) in [5.41, 5.74) is 2.62. The van der Waals surface area contributed by atoms with E-state index < -0.39 is 0 Å². The van der Waals surface area contributed by atoms with Crippen molar-refractivity contribution in [2.75, 3.05) is 5.32 Å². The summed E-state index contributed by atoms with van der Waals surface area (Å²) < 4.78 is 5.78. The third-order valence-electron chi connectivity index (χ3n) is 3.38. The molecular formula is C16H14ClNO3. The summed E-state index contributed by atoms with van der Waals surface area (Å²) in [6.07, 6.45) is 1.19. The summed E-state index contributed by atoms with van der Waals surface area (Å²) in [6.45, 7) is -0.0570. The highest BCUT2D eigenvalue weighted by Crippen LogP contribution is 2.33.